The molecule has 0 fully saturated rings. The Balaban J connectivity index is 1.09. The van der Waals surface area contributed by atoms with Gasteiger partial charge in [-0.15, -0.1) is 0 Å². The second-order valence-electron chi connectivity index (χ2n) is 14.0. The van der Waals surface area contributed by atoms with Crippen LogP contribution in [0.3, 0.4) is 0 Å². The van der Waals surface area contributed by atoms with E-state index in [-0.39, 0.29) is 0 Å². The molecule has 2 aromatic heterocycles. The summed E-state index contributed by atoms with van der Waals surface area (Å²) in [6.45, 7) is 0. The van der Waals surface area contributed by atoms with Crippen molar-refractivity contribution in [3.8, 4) is 56.4 Å². The number of para-hydroxylation sites is 1. The Bertz CT molecular complexity index is 3260. The Morgan fingerprint density at radius 2 is 0.655 bits per heavy atom. The first-order valence-electron chi connectivity index (χ1n) is 18.5. The van der Waals surface area contributed by atoms with Gasteiger partial charge in [-0.1, -0.05) is 152 Å². The maximum absolute atomic E-state index is 6.14. The molecule has 11 aromatic rings. The molecule has 0 atom stereocenters. The van der Waals surface area contributed by atoms with Crippen molar-refractivity contribution < 1.29 is 4.42 Å². The highest BCUT2D eigenvalue weighted by atomic mass is 16.3. The van der Waals surface area contributed by atoms with Crippen LogP contribution in [-0.4, -0.2) is 15.0 Å². The molecule has 0 N–H and O–H groups in total. The molecule has 4 nitrogen and oxygen atoms in total. The Kier molecular flexibility index (Phi) is 7.14. The molecule has 0 saturated carbocycles. The molecule has 0 unspecified atom stereocenters. The highest BCUT2D eigenvalue weighted by molar-refractivity contribution is 6.26. The molecule has 11 rings (SSSR count). The van der Waals surface area contributed by atoms with Crippen LogP contribution in [0.4, 0.5) is 0 Å². The minimum atomic E-state index is 0.634. The smallest absolute Gasteiger partial charge is 0.164 e. The van der Waals surface area contributed by atoms with E-state index in [1.165, 1.54) is 26.9 Å². The first-order valence-corrected chi connectivity index (χ1v) is 18.5. The van der Waals surface area contributed by atoms with Gasteiger partial charge in [-0.3, -0.25) is 0 Å². The third kappa shape index (κ3) is 5.34. The van der Waals surface area contributed by atoms with Crippen molar-refractivity contribution in [3.63, 3.8) is 0 Å². The zero-order valence-electron chi connectivity index (χ0n) is 29.6. The van der Waals surface area contributed by atoms with Gasteiger partial charge >= 0.3 is 0 Å². The molecular formula is C51H31N3O. The number of hydrogen-bond acceptors (Lipinski definition) is 4. The average Bonchev–Trinajstić information content (AvgIpc) is 3.65. The summed E-state index contributed by atoms with van der Waals surface area (Å²) in [4.78, 5) is 15.3. The van der Waals surface area contributed by atoms with Gasteiger partial charge in [0.15, 0.2) is 17.5 Å². The third-order valence-electron chi connectivity index (χ3n) is 10.7. The number of furan rings is 1. The van der Waals surface area contributed by atoms with E-state index in [1.807, 2.05) is 48.5 Å². The molecule has 0 amide bonds. The molecular weight excluding hydrogens is 671 g/mol. The van der Waals surface area contributed by atoms with E-state index in [2.05, 4.69) is 140 Å². The Morgan fingerprint density at radius 1 is 0.236 bits per heavy atom. The number of benzene rings is 9. The highest BCUT2D eigenvalue weighted by Gasteiger charge is 2.16. The number of aromatic nitrogens is 3. The minimum Gasteiger partial charge on any atom is -0.456 e. The van der Waals surface area contributed by atoms with Gasteiger partial charge in [0.2, 0.25) is 0 Å². The Hall–Kier alpha value is -7.43. The van der Waals surface area contributed by atoms with E-state index in [1.54, 1.807) is 0 Å². The van der Waals surface area contributed by atoms with Crippen molar-refractivity contribution in [1.29, 1.82) is 0 Å². The molecule has 55 heavy (non-hydrogen) atoms. The van der Waals surface area contributed by atoms with Gasteiger partial charge in [0.25, 0.3) is 0 Å². The lowest BCUT2D eigenvalue weighted by Crippen LogP contribution is -2.00. The van der Waals surface area contributed by atoms with Crippen LogP contribution in [0.5, 0.6) is 0 Å². The number of hydrogen-bond donors (Lipinski definition) is 0. The summed E-state index contributed by atoms with van der Waals surface area (Å²) in [5, 5.41) is 9.42. The molecule has 2 heterocycles. The maximum atomic E-state index is 6.14. The summed E-state index contributed by atoms with van der Waals surface area (Å²) in [7, 11) is 0. The fourth-order valence-electron chi connectivity index (χ4n) is 8.00. The second kappa shape index (κ2) is 12.6. The predicted molar refractivity (Wildman–Crippen MR) is 227 cm³/mol. The summed E-state index contributed by atoms with van der Waals surface area (Å²) in [6, 6.07) is 65.9. The second-order valence-corrected chi connectivity index (χ2v) is 14.0. The lowest BCUT2D eigenvalue weighted by Gasteiger charge is -2.14. The van der Waals surface area contributed by atoms with Crippen molar-refractivity contribution in [2.75, 3.05) is 0 Å². The molecule has 9 aromatic carbocycles. The largest absolute Gasteiger partial charge is 0.456 e. The topological polar surface area (TPSA) is 51.8 Å². The van der Waals surface area contributed by atoms with Gasteiger partial charge in [0, 0.05) is 27.5 Å². The summed E-state index contributed by atoms with van der Waals surface area (Å²) >= 11 is 0. The SMILES string of the molecule is c1ccc(-c2cccc(-c3nc(-c4ccccc4)nc(-c4ccc5c6ccccc6c6cc(-c7ccc8oc9ccccc9c8c7)ccc6c5c4)n3)c2)cc1. The Labute approximate surface area is 317 Å². The molecule has 4 heteroatoms. The van der Waals surface area contributed by atoms with E-state index in [0.29, 0.717) is 17.5 Å². The van der Waals surface area contributed by atoms with Crippen LogP contribution < -0.4 is 0 Å². The van der Waals surface area contributed by atoms with Gasteiger partial charge in [-0.25, -0.2) is 15.0 Å². The zero-order chi connectivity index (χ0) is 36.3. The van der Waals surface area contributed by atoms with Crippen molar-refractivity contribution in [3.05, 3.63) is 188 Å². The van der Waals surface area contributed by atoms with E-state index in [9.17, 15) is 0 Å². The highest BCUT2D eigenvalue weighted by Crippen LogP contribution is 2.40. The van der Waals surface area contributed by atoms with Gasteiger partial charge in [-0.2, -0.15) is 0 Å². The summed E-state index contributed by atoms with van der Waals surface area (Å²) in [5.74, 6) is 1.91. The maximum Gasteiger partial charge on any atom is 0.164 e. The monoisotopic (exact) mass is 701 g/mol. The van der Waals surface area contributed by atoms with Gasteiger partial charge in [-0.05, 0) is 91.0 Å². The van der Waals surface area contributed by atoms with Crippen molar-refractivity contribution >= 4 is 54.3 Å². The van der Waals surface area contributed by atoms with Crippen LogP contribution in [0.25, 0.3) is 111 Å². The lowest BCUT2D eigenvalue weighted by atomic mass is 9.91. The van der Waals surface area contributed by atoms with Crippen LogP contribution in [-0.2, 0) is 0 Å². The molecule has 0 aliphatic heterocycles. The third-order valence-corrected chi connectivity index (χ3v) is 10.7. The van der Waals surface area contributed by atoms with Crippen molar-refractivity contribution in [2.45, 2.75) is 0 Å². The van der Waals surface area contributed by atoms with Crippen LogP contribution in [0.1, 0.15) is 0 Å². The number of nitrogens with zero attached hydrogens (tertiary/aromatic N) is 3. The van der Waals surface area contributed by atoms with E-state index < -0.39 is 0 Å². The van der Waals surface area contributed by atoms with Gasteiger partial charge < -0.3 is 4.42 Å². The predicted octanol–water partition coefficient (Wildman–Crippen LogP) is 13.6. The standard InChI is InChI=1S/C51H31N3O/c1-3-12-32(13-4-1)34-16-11-17-37(28-34)50-52-49(33-14-5-2-6-15-33)53-51(54-50)38-23-26-41-39-18-7-8-19-40(39)44-29-35(22-25-42(44)45(41)31-38)36-24-27-48-46(30-36)43-20-9-10-21-47(43)55-48/h1-31H. The minimum absolute atomic E-state index is 0.634. The quantitative estimate of drug-likeness (QED) is 0.168. The average molecular weight is 702 g/mol. The van der Waals surface area contributed by atoms with Crippen LogP contribution in [0.15, 0.2) is 192 Å². The lowest BCUT2D eigenvalue weighted by molar-refractivity contribution is 0.669. The van der Waals surface area contributed by atoms with Crippen LogP contribution in [0.2, 0.25) is 0 Å². The van der Waals surface area contributed by atoms with E-state index in [0.717, 1.165) is 66.3 Å². The molecule has 0 saturated heterocycles. The number of rotatable bonds is 5. The summed E-state index contributed by atoms with van der Waals surface area (Å²) < 4.78 is 6.14. The zero-order valence-corrected chi connectivity index (χ0v) is 29.6. The summed E-state index contributed by atoms with van der Waals surface area (Å²) in [5.41, 5.74) is 9.20. The van der Waals surface area contributed by atoms with E-state index in [4.69, 9.17) is 19.4 Å². The molecule has 256 valence electrons. The fourth-order valence-corrected chi connectivity index (χ4v) is 8.00. The Morgan fingerprint density at radius 3 is 1.38 bits per heavy atom. The molecule has 0 spiro atoms. The number of fused-ring (bicyclic) bond motifs is 9. The first kappa shape index (κ1) is 31.1. The van der Waals surface area contributed by atoms with Crippen LogP contribution in [0, 0.1) is 0 Å². The van der Waals surface area contributed by atoms with Crippen molar-refractivity contribution in [2.24, 2.45) is 0 Å². The molecule has 0 aliphatic carbocycles. The molecule has 0 bridgehead atoms. The molecule has 0 aliphatic rings. The van der Waals surface area contributed by atoms with Gasteiger partial charge in [0.1, 0.15) is 11.2 Å². The van der Waals surface area contributed by atoms with Crippen molar-refractivity contribution in [1.82, 2.24) is 15.0 Å². The first-order chi connectivity index (χ1) is 27.2. The van der Waals surface area contributed by atoms with Gasteiger partial charge in [0.05, 0.1) is 0 Å². The van der Waals surface area contributed by atoms with Crippen LogP contribution >= 0.6 is 0 Å². The normalized spacial score (nSPS) is 11.6. The fraction of sp³-hybridized carbons (Fsp3) is 0. The van der Waals surface area contributed by atoms with E-state index >= 15 is 0 Å². The summed E-state index contributed by atoms with van der Waals surface area (Å²) in [6.07, 6.45) is 0. The molecule has 0 radical (unpaired) electrons.